The Bertz CT molecular complexity index is 173. The minimum absolute atomic E-state index is 1.31. The van der Waals surface area contributed by atoms with Crippen LogP contribution in [0, 0.1) is 0 Å². The van der Waals surface area contributed by atoms with Crippen molar-refractivity contribution in [1.82, 2.24) is 0 Å². The first-order valence-corrected chi connectivity index (χ1v) is 2.43. The average Bonchev–Trinajstić information content (AvgIpc) is 1.84. The molecule has 0 fully saturated rings. The molecule has 1 rings (SSSR count). The van der Waals surface area contributed by atoms with Crippen molar-refractivity contribution in [3.63, 3.8) is 0 Å². The van der Waals surface area contributed by atoms with Gasteiger partial charge in [0, 0.05) is 0 Å². The largest absolute Gasteiger partial charge is 0.323 e. The summed E-state index contributed by atoms with van der Waals surface area (Å²) in [4.78, 5) is 0. The normalized spacial score (nSPS) is 32.3. The number of alkyl halides is 3. The standard InChI is InChI=1S/C4HClF4/c5-2-1(6)3(7)4(2,8)9/h3H. The monoisotopic (exact) mass is 160 g/mol. The number of allylic oxidation sites excluding steroid dienone is 2. The summed E-state index contributed by atoms with van der Waals surface area (Å²) in [5.41, 5.74) is 0. The molecule has 5 heteroatoms. The number of hydrogen-bond acceptors (Lipinski definition) is 0. The molecule has 0 aromatic rings. The highest BCUT2D eigenvalue weighted by Crippen LogP contribution is 2.48. The zero-order chi connectivity index (χ0) is 7.23. The molecule has 0 amide bonds. The highest BCUT2D eigenvalue weighted by molar-refractivity contribution is 6.31. The van der Waals surface area contributed by atoms with E-state index in [9.17, 15) is 17.6 Å². The number of halogens is 5. The molecule has 0 aromatic heterocycles. The van der Waals surface area contributed by atoms with Gasteiger partial charge >= 0.3 is 5.92 Å². The predicted molar refractivity (Wildman–Crippen MR) is 23.8 cm³/mol. The molecule has 1 unspecified atom stereocenters. The Morgan fingerprint density at radius 2 is 1.89 bits per heavy atom. The molecule has 1 atom stereocenters. The second-order valence-corrected chi connectivity index (χ2v) is 2.03. The molecule has 0 radical (unpaired) electrons. The van der Waals surface area contributed by atoms with E-state index in [1.807, 2.05) is 0 Å². The first-order chi connectivity index (χ1) is 3.98. The lowest BCUT2D eigenvalue weighted by molar-refractivity contribution is -0.0553. The van der Waals surface area contributed by atoms with E-state index in [1.165, 1.54) is 0 Å². The van der Waals surface area contributed by atoms with Crippen molar-refractivity contribution < 1.29 is 17.6 Å². The van der Waals surface area contributed by atoms with Gasteiger partial charge in [0.05, 0.1) is 0 Å². The van der Waals surface area contributed by atoms with Gasteiger partial charge < -0.3 is 0 Å². The molecule has 52 valence electrons. The summed E-state index contributed by atoms with van der Waals surface area (Å²) >= 11 is 4.60. The quantitative estimate of drug-likeness (QED) is 0.478. The van der Waals surface area contributed by atoms with Gasteiger partial charge in [-0.15, -0.1) is 0 Å². The van der Waals surface area contributed by atoms with Crippen molar-refractivity contribution in [2.45, 2.75) is 12.1 Å². The summed E-state index contributed by atoms with van der Waals surface area (Å²) in [6.45, 7) is 0. The Labute approximate surface area is 53.1 Å². The van der Waals surface area contributed by atoms with Crippen LogP contribution < -0.4 is 0 Å². The number of rotatable bonds is 0. The fraction of sp³-hybridized carbons (Fsp3) is 0.500. The van der Waals surface area contributed by atoms with Crippen molar-refractivity contribution >= 4 is 11.6 Å². The van der Waals surface area contributed by atoms with Gasteiger partial charge in [-0.05, 0) is 0 Å². The van der Waals surface area contributed by atoms with E-state index in [2.05, 4.69) is 11.6 Å². The van der Waals surface area contributed by atoms with Gasteiger partial charge in [-0.25, -0.2) is 8.78 Å². The molecule has 0 heterocycles. The van der Waals surface area contributed by atoms with Crippen molar-refractivity contribution in [3.05, 3.63) is 10.9 Å². The Kier molecular flexibility index (Phi) is 1.24. The summed E-state index contributed by atoms with van der Waals surface area (Å²) in [6.07, 6.45) is -2.83. The maximum Gasteiger partial charge on any atom is 0.323 e. The first-order valence-electron chi connectivity index (χ1n) is 2.05. The second kappa shape index (κ2) is 1.62. The smallest absolute Gasteiger partial charge is 0.232 e. The molecule has 0 bridgehead atoms. The third kappa shape index (κ3) is 0.657. The minimum Gasteiger partial charge on any atom is -0.232 e. The topological polar surface area (TPSA) is 0 Å². The Balaban J connectivity index is 2.92. The van der Waals surface area contributed by atoms with E-state index < -0.39 is 23.0 Å². The van der Waals surface area contributed by atoms with Gasteiger partial charge in [0.15, 0.2) is 5.83 Å². The summed E-state index contributed by atoms with van der Waals surface area (Å²) in [6, 6.07) is 0. The van der Waals surface area contributed by atoms with E-state index in [4.69, 9.17) is 0 Å². The molecule has 0 saturated heterocycles. The molecular formula is C4HClF4. The maximum absolute atomic E-state index is 11.8. The zero-order valence-electron chi connectivity index (χ0n) is 3.97. The third-order valence-corrected chi connectivity index (χ3v) is 1.48. The molecule has 1 aliphatic carbocycles. The Hall–Kier alpha value is -0.250. The lowest BCUT2D eigenvalue weighted by Gasteiger charge is -2.27. The molecule has 9 heavy (non-hydrogen) atoms. The van der Waals surface area contributed by atoms with E-state index in [1.54, 1.807) is 0 Å². The van der Waals surface area contributed by atoms with Gasteiger partial charge in [-0.3, -0.25) is 0 Å². The van der Waals surface area contributed by atoms with Gasteiger partial charge in [0.25, 0.3) is 0 Å². The average molecular weight is 160 g/mol. The molecule has 0 saturated carbocycles. The highest BCUT2D eigenvalue weighted by Gasteiger charge is 2.58. The van der Waals surface area contributed by atoms with Crippen LogP contribution in [0.4, 0.5) is 17.6 Å². The van der Waals surface area contributed by atoms with E-state index in [0.717, 1.165) is 0 Å². The van der Waals surface area contributed by atoms with E-state index in [-0.39, 0.29) is 0 Å². The van der Waals surface area contributed by atoms with Crippen LogP contribution in [0.3, 0.4) is 0 Å². The van der Waals surface area contributed by atoms with Crippen LogP contribution in [0.25, 0.3) is 0 Å². The summed E-state index contributed by atoms with van der Waals surface area (Å²) in [5, 5.41) is -1.31. The van der Waals surface area contributed by atoms with Crippen molar-refractivity contribution in [1.29, 1.82) is 0 Å². The lowest BCUT2D eigenvalue weighted by Crippen LogP contribution is -2.41. The van der Waals surface area contributed by atoms with E-state index in [0.29, 0.717) is 0 Å². The molecule has 1 aliphatic rings. The van der Waals surface area contributed by atoms with Gasteiger partial charge in [-0.2, -0.15) is 8.78 Å². The van der Waals surface area contributed by atoms with Gasteiger partial charge in [0.1, 0.15) is 5.03 Å². The predicted octanol–water partition coefficient (Wildman–Crippen LogP) is 2.39. The lowest BCUT2D eigenvalue weighted by atomic mass is 10.0. The van der Waals surface area contributed by atoms with Crippen molar-refractivity contribution in [2.75, 3.05) is 0 Å². The van der Waals surface area contributed by atoms with Crippen molar-refractivity contribution in [2.24, 2.45) is 0 Å². The van der Waals surface area contributed by atoms with Crippen LogP contribution in [0.2, 0.25) is 0 Å². The maximum atomic E-state index is 11.8. The zero-order valence-corrected chi connectivity index (χ0v) is 4.72. The summed E-state index contributed by atoms with van der Waals surface area (Å²) < 4.78 is 46.9. The van der Waals surface area contributed by atoms with Crippen LogP contribution in [-0.4, -0.2) is 12.1 Å². The highest BCUT2D eigenvalue weighted by atomic mass is 35.5. The van der Waals surface area contributed by atoms with Gasteiger partial charge in [-0.1, -0.05) is 11.6 Å². The van der Waals surface area contributed by atoms with Crippen LogP contribution in [0.15, 0.2) is 10.9 Å². The molecule has 0 N–H and O–H groups in total. The molecule has 0 nitrogen and oxygen atoms in total. The third-order valence-electron chi connectivity index (χ3n) is 1.04. The van der Waals surface area contributed by atoms with Gasteiger partial charge in [0.2, 0.25) is 6.17 Å². The minimum atomic E-state index is -3.79. The fourth-order valence-corrected chi connectivity index (χ4v) is 0.655. The van der Waals surface area contributed by atoms with Crippen LogP contribution in [0.1, 0.15) is 0 Å². The Morgan fingerprint density at radius 3 is 2.00 bits per heavy atom. The van der Waals surface area contributed by atoms with Crippen LogP contribution >= 0.6 is 11.6 Å². The van der Waals surface area contributed by atoms with Crippen LogP contribution in [-0.2, 0) is 0 Å². The fourth-order valence-electron chi connectivity index (χ4n) is 0.463. The summed E-state index contributed by atoms with van der Waals surface area (Å²) in [5.74, 6) is -5.34. The van der Waals surface area contributed by atoms with Crippen molar-refractivity contribution in [3.8, 4) is 0 Å². The molecule has 0 aliphatic heterocycles. The first kappa shape index (κ1) is 6.86. The molecular weight excluding hydrogens is 159 g/mol. The SMILES string of the molecule is FC1=C(Cl)C(F)(F)C1F. The second-order valence-electron chi connectivity index (χ2n) is 1.65. The van der Waals surface area contributed by atoms with E-state index >= 15 is 0 Å². The number of hydrogen-bond donors (Lipinski definition) is 0. The molecule has 0 aromatic carbocycles. The van der Waals surface area contributed by atoms with Crippen LogP contribution in [0.5, 0.6) is 0 Å². The molecule has 0 spiro atoms. The Morgan fingerprint density at radius 1 is 1.44 bits per heavy atom. The summed E-state index contributed by atoms with van der Waals surface area (Å²) in [7, 11) is 0.